The Morgan fingerprint density at radius 1 is 1.12 bits per heavy atom. The van der Waals surface area contributed by atoms with Crippen LogP contribution in [0.1, 0.15) is 46.6 Å². The predicted octanol–water partition coefficient (Wildman–Crippen LogP) is 3.96. The van der Waals surface area contributed by atoms with Gasteiger partial charge >= 0.3 is 0 Å². The van der Waals surface area contributed by atoms with Crippen LogP contribution in [0.3, 0.4) is 0 Å². The number of imidazole rings is 1. The number of carbonyl (C=O) groups is 1. The lowest BCUT2D eigenvalue weighted by atomic mass is 10.1. The highest BCUT2D eigenvalue weighted by molar-refractivity contribution is 7.89. The topological polar surface area (TPSA) is 108 Å². The standard InChI is InChI=1S/C25H26N4O4S/c1-17-23(34(31,32)29-13-7-8-14-29)16-22(33-17)25(30)28-21(15-18-9-3-2-4-10-18)24-26-19-11-5-6-12-20(19)27-24/h2-6,9-12,16,21H,7-8,13-15H2,1H3,(H,26,27)(H,28,30)/t21-/m0/s1. The Bertz CT molecular complexity index is 1390. The second-order valence-corrected chi connectivity index (χ2v) is 10.4. The number of carbonyl (C=O) groups excluding carboxylic acids is 1. The number of sulfonamides is 1. The number of nitrogens with zero attached hydrogens (tertiary/aromatic N) is 2. The molecule has 0 aliphatic carbocycles. The molecule has 8 nitrogen and oxygen atoms in total. The zero-order chi connectivity index (χ0) is 23.7. The van der Waals surface area contributed by atoms with E-state index >= 15 is 0 Å². The highest BCUT2D eigenvalue weighted by Gasteiger charge is 2.32. The maximum Gasteiger partial charge on any atom is 0.287 e. The molecule has 0 saturated carbocycles. The van der Waals surface area contributed by atoms with Gasteiger partial charge < -0.3 is 14.7 Å². The Kier molecular flexibility index (Phi) is 5.97. The van der Waals surface area contributed by atoms with E-state index in [1.165, 1.54) is 10.4 Å². The quantitative estimate of drug-likeness (QED) is 0.418. The monoisotopic (exact) mass is 478 g/mol. The summed E-state index contributed by atoms with van der Waals surface area (Å²) < 4.78 is 33.1. The van der Waals surface area contributed by atoms with Crippen molar-refractivity contribution in [1.82, 2.24) is 19.6 Å². The van der Waals surface area contributed by atoms with Crippen LogP contribution >= 0.6 is 0 Å². The highest BCUT2D eigenvalue weighted by Crippen LogP contribution is 2.27. The van der Waals surface area contributed by atoms with E-state index in [9.17, 15) is 13.2 Å². The molecular formula is C25H26N4O4S. The Hall–Kier alpha value is -3.43. The summed E-state index contributed by atoms with van der Waals surface area (Å²) >= 11 is 0. The minimum atomic E-state index is -3.69. The third kappa shape index (κ3) is 4.36. The van der Waals surface area contributed by atoms with Gasteiger partial charge in [0.1, 0.15) is 16.5 Å². The van der Waals surface area contributed by atoms with Crippen molar-refractivity contribution in [3.05, 3.63) is 83.6 Å². The Morgan fingerprint density at radius 3 is 2.56 bits per heavy atom. The van der Waals surface area contributed by atoms with Gasteiger partial charge in [-0.1, -0.05) is 42.5 Å². The second kappa shape index (κ2) is 9.08. The zero-order valence-corrected chi connectivity index (χ0v) is 19.6. The smallest absolute Gasteiger partial charge is 0.287 e. The van der Waals surface area contributed by atoms with E-state index in [0.717, 1.165) is 29.4 Å². The molecule has 1 fully saturated rings. The molecule has 2 aromatic carbocycles. The lowest BCUT2D eigenvalue weighted by Crippen LogP contribution is -2.30. The summed E-state index contributed by atoms with van der Waals surface area (Å²) in [6, 6.07) is 18.3. The van der Waals surface area contributed by atoms with Crippen LogP contribution < -0.4 is 5.32 Å². The van der Waals surface area contributed by atoms with E-state index in [2.05, 4.69) is 15.3 Å². The van der Waals surface area contributed by atoms with Gasteiger partial charge in [0.05, 0.1) is 17.1 Å². The van der Waals surface area contributed by atoms with Crippen LogP contribution in [0.4, 0.5) is 0 Å². The molecule has 0 radical (unpaired) electrons. The molecule has 1 aliphatic rings. The van der Waals surface area contributed by atoms with Crippen LogP contribution in [0.5, 0.6) is 0 Å². The fourth-order valence-corrected chi connectivity index (χ4v) is 6.01. The lowest BCUT2D eigenvalue weighted by molar-refractivity contribution is 0.0905. The summed E-state index contributed by atoms with van der Waals surface area (Å²) in [6.07, 6.45) is 2.18. The van der Waals surface area contributed by atoms with Crippen molar-refractivity contribution in [3.8, 4) is 0 Å². The molecule has 1 amide bonds. The van der Waals surface area contributed by atoms with Crippen molar-refractivity contribution < 1.29 is 17.6 Å². The number of aromatic nitrogens is 2. The number of hydrogen-bond donors (Lipinski definition) is 2. The number of H-pyrrole nitrogens is 1. The molecular weight excluding hydrogens is 452 g/mol. The van der Waals surface area contributed by atoms with Gasteiger partial charge in [-0.2, -0.15) is 4.31 Å². The highest BCUT2D eigenvalue weighted by atomic mass is 32.2. The van der Waals surface area contributed by atoms with Gasteiger partial charge in [0.15, 0.2) is 5.76 Å². The summed E-state index contributed by atoms with van der Waals surface area (Å²) in [5, 5.41) is 2.99. The third-order valence-corrected chi connectivity index (χ3v) is 8.11. The maximum atomic E-state index is 13.2. The molecule has 3 heterocycles. The molecule has 0 bridgehead atoms. The number of furan rings is 1. The van der Waals surface area contributed by atoms with Crippen molar-refractivity contribution in [2.75, 3.05) is 13.1 Å². The summed E-state index contributed by atoms with van der Waals surface area (Å²) in [5.41, 5.74) is 2.71. The average Bonchev–Trinajstić information content (AvgIpc) is 3.59. The molecule has 9 heteroatoms. The minimum Gasteiger partial charge on any atom is -0.455 e. The number of amides is 1. The van der Waals surface area contributed by atoms with Gasteiger partial charge in [-0.05, 0) is 43.9 Å². The van der Waals surface area contributed by atoms with Gasteiger partial charge in [-0.15, -0.1) is 0 Å². The molecule has 1 saturated heterocycles. The molecule has 4 aromatic rings. The SMILES string of the molecule is Cc1oc(C(=O)N[C@@H](Cc2ccccc2)c2nc3ccccc3[nH]2)cc1S(=O)(=O)N1CCCC1. The first kappa shape index (κ1) is 22.4. The number of benzene rings is 2. The van der Waals surface area contributed by atoms with Crippen molar-refractivity contribution in [1.29, 1.82) is 0 Å². The normalized spacial score (nSPS) is 15.6. The Labute approximate surface area is 198 Å². The van der Waals surface area contributed by atoms with Crippen LogP contribution in [0.25, 0.3) is 11.0 Å². The van der Waals surface area contributed by atoms with Crippen LogP contribution in [-0.2, 0) is 16.4 Å². The number of para-hydroxylation sites is 2. The number of fused-ring (bicyclic) bond motifs is 1. The average molecular weight is 479 g/mol. The molecule has 0 spiro atoms. The third-order valence-electron chi connectivity index (χ3n) is 6.10. The van der Waals surface area contributed by atoms with Gasteiger partial charge in [-0.25, -0.2) is 13.4 Å². The largest absolute Gasteiger partial charge is 0.455 e. The fourth-order valence-electron chi connectivity index (χ4n) is 4.33. The minimum absolute atomic E-state index is 0.0376. The van der Waals surface area contributed by atoms with Crippen molar-refractivity contribution in [2.45, 2.75) is 37.1 Å². The summed E-state index contributed by atoms with van der Waals surface area (Å²) in [6.45, 7) is 2.54. The summed E-state index contributed by atoms with van der Waals surface area (Å²) in [4.78, 5) is 21.2. The lowest BCUT2D eigenvalue weighted by Gasteiger charge is -2.16. The molecule has 2 N–H and O–H groups in total. The summed E-state index contributed by atoms with van der Waals surface area (Å²) in [5.74, 6) is 0.295. The van der Waals surface area contributed by atoms with E-state index in [0.29, 0.717) is 25.3 Å². The number of aromatic amines is 1. The molecule has 34 heavy (non-hydrogen) atoms. The first-order chi connectivity index (χ1) is 16.4. The Balaban J connectivity index is 1.43. The second-order valence-electron chi connectivity index (χ2n) is 8.50. The van der Waals surface area contributed by atoms with Crippen LogP contribution in [0.15, 0.2) is 70.0 Å². The molecule has 2 aromatic heterocycles. The van der Waals surface area contributed by atoms with Crippen LogP contribution in [0.2, 0.25) is 0 Å². The maximum absolute atomic E-state index is 13.2. The van der Waals surface area contributed by atoms with Crippen LogP contribution in [-0.4, -0.2) is 41.7 Å². The first-order valence-corrected chi connectivity index (χ1v) is 12.8. The van der Waals surface area contributed by atoms with E-state index in [1.54, 1.807) is 6.92 Å². The van der Waals surface area contributed by atoms with E-state index in [4.69, 9.17) is 4.42 Å². The predicted molar refractivity (Wildman–Crippen MR) is 128 cm³/mol. The van der Waals surface area contributed by atoms with Gasteiger partial charge in [0, 0.05) is 19.2 Å². The molecule has 0 unspecified atom stereocenters. The van der Waals surface area contributed by atoms with Crippen molar-refractivity contribution in [3.63, 3.8) is 0 Å². The fraction of sp³-hybridized carbons (Fsp3) is 0.280. The summed E-state index contributed by atoms with van der Waals surface area (Å²) in [7, 11) is -3.69. The molecule has 176 valence electrons. The Morgan fingerprint density at radius 2 is 1.82 bits per heavy atom. The van der Waals surface area contributed by atoms with Gasteiger partial charge in [0.25, 0.3) is 5.91 Å². The first-order valence-electron chi connectivity index (χ1n) is 11.3. The number of hydrogen-bond acceptors (Lipinski definition) is 5. The van der Waals surface area contributed by atoms with Crippen molar-refractivity contribution in [2.24, 2.45) is 0 Å². The van der Waals surface area contributed by atoms with Gasteiger partial charge in [-0.3, -0.25) is 4.79 Å². The number of nitrogens with one attached hydrogen (secondary N) is 2. The van der Waals surface area contributed by atoms with Crippen LogP contribution in [0, 0.1) is 6.92 Å². The van der Waals surface area contributed by atoms with E-state index in [-0.39, 0.29) is 16.4 Å². The number of rotatable bonds is 7. The molecule has 5 rings (SSSR count). The van der Waals surface area contributed by atoms with E-state index < -0.39 is 22.0 Å². The number of aryl methyl sites for hydroxylation is 1. The van der Waals surface area contributed by atoms with E-state index in [1.807, 2.05) is 54.6 Å². The molecule has 1 atom stereocenters. The van der Waals surface area contributed by atoms with Crippen molar-refractivity contribution >= 4 is 27.0 Å². The van der Waals surface area contributed by atoms with Gasteiger partial charge in [0.2, 0.25) is 10.0 Å². The molecule has 1 aliphatic heterocycles. The zero-order valence-electron chi connectivity index (χ0n) is 18.8.